The number of anilines is 1. The molecule has 4 aromatic carbocycles. The van der Waals surface area contributed by atoms with E-state index in [1.54, 1.807) is 12.0 Å². The molecule has 0 N–H and O–H groups in total. The van der Waals surface area contributed by atoms with E-state index >= 15 is 0 Å². The van der Waals surface area contributed by atoms with E-state index in [9.17, 15) is 4.79 Å². The van der Waals surface area contributed by atoms with Crippen molar-refractivity contribution in [3.05, 3.63) is 105 Å². The summed E-state index contributed by atoms with van der Waals surface area (Å²) in [5, 5.41) is 2.33. The van der Waals surface area contributed by atoms with E-state index in [2.05, 4.69) is 40.2 Å². The largest absolute Gasteiger partial charge is 0.493 e. The van der Waals surface area contributed by atoms with Crippen molar-refractivity contribution in [3.63, 3.8) is 0 Å². The van der Waals surface area contributed by atoms with Crippen molar-refractivity contribution in [2.45, 2.75) is 6.61 Å². The number of amides is 1. The van der Waals surface area contributed by atoms with Gasteiger partial charge in [0.2, 0.25) is 0 Å². The number of halogens is 1. The minimum absolute atomic E-state index is 0.145. The van der Waals surface area contributed by atoms with Crippen LogP contribution < -0.4 is 14.4 Å². The Kier molecular flexibility index (Phi) is 6.90. The molecule has 35 heavy (non-hydrogen) atoms. The van der Waals surface area contributed by atoms with Crippen molar-refractivity contribution in [1.29, 1.82) is 0 Å². The van der Waals surface area contributed by atoms with Gasteiger partial charge >= 0.3 is 0 Å². The number of thioether (sulfide) groups is 1. The van der Waals surface area contributed by atoms with Gasteiger partial charge in [-0.25, -0.2) is 0 Å². The predicted molar refractivity (Wildman–Crippen MR) is 151 cm³/mol. The van der Waals surface area contributed by atoms with Gasteiger partial charge in [0, 0.05) is 4.47 Å². The number of nitrogens with zero attached hydrogens (tertiary/aromatic N) is 1. The van der Waals surface area contributed by atoms with Gasteiger partial charge in [0.15, 0.2) is 15.8 Å². The number of rotatable bonds is 6. The topological polar surface area (TPSA) is 38.8 Å². The van der Waals surface area contributed by atoms with Crippen LogP contribution in [0.25, 0.3) is 16.8 Å². The summed E-state index contributed by atoms with van der Waals surface area (Å²) in [6.07, 6.45) is 1.82. The van der Waals surface area contributed by atoms with Crippen LogP contribution in [0.2, 0.25) is 0 Å². The molecular formula is C28H20BrNO3S2. The third kappa shape index (κ3) is 4.85. The molecule has 1 fully saturated rings. The summed E-state index contributed by atoms with van der Waals surface area (Å²) < 4.78 is 13.1. The van der Waals surface area contributed by atoms with E-state index in [1.165, 1.54) is 17.1 Å². The number of fused-ring (bicyclic) bond motifs is 1. The molecule has 1 heterocycles. The Morgan fingerprint density at radius 1 is 0.971 bits per heavy atom. The second-order valence-corrected chi connectivity index (χ2v) is 10.3. The van der Waals surface area contributed by atoms with Crippen molar-refractivity contribution >= 4 is 72.7 Å². The second kappa shape index (κ2) is 10.2. The van der Waals surface area contributed by atoms with Crippen molar-refractivity contribution in [1.82, 2.24) is 0 Å². The highest BCUT2D eigenvalue weighted by Crippen LogP contribution is 2.39. The fraction of sp³-hybridized carbons (Fsp3) is 0.0714. The Morgan fingerprint density at radius 2 is 1.71 bits per heavy atom. The fourth-order valence-electron chi connectivity index (χ4n) is 3.92. The summed E-state index contributed by atoms with van der Waals surface area (Å²) >= 11 is 10.4. The number of para-hydroxylation sites is 1. The second-order valence-electron chi connectivity index (χ2n) is 7.80. The minimum atomic E-state index is -0.145. The highest BCUT2D eigenvalue weighted by atomic mass is 79.9. The van der Waals surface area contributed by atoms with Gasteiger partial charge in [-0.2, -0.15) is 0 Å². The summed E-state index contributed by atoms with van der Waals surface area (Å²) in [5.74, 6) is 1.05. The molecule has 1 aliphatic rings. The Labute approximate surface area is 221 Å². The van der Waals surface area contributed by atoms with Crippen molar-refractivity contribution in [2.75, 3.05) is 12.0 Å². The smallest absolute Gasteiger partial charge is 0.270 e. The molecule has 4 nitrogen and oxygen atoms in total. The lowest BCUT2D eigenvalue weighted by Crippen LogP contribution is -2.27. The van der Waals surface area contributed by atoms with E-state index in [1.807, 2.05) is 66.7 Å². The van der Waals surface area contributed by atoms with Crippen LogP contribution in [0, 0.1) is 0 Å². The first-order chi connectivity index (χ1) is 17.0. The number of ether oxygens (including phenoxy) is 2. The van der Waals surface area contributed by atoms with Gasteiger partial charge in [0.1, 0.15) is 6.61 Å². The van der Waals surface area contributed by atoms with Gasteiger partial charge in [0.25, 0.3) is 5.91 Å². The third-order valence-corrected chi connectivity index (χ3v) is 7.63. The van der Waals surface area contributed by atoms with Crippen molar-refractivity contribution in [2.24, 2.45) is 0 Å². The lowest BCUT2D eigenvalue weighted by molar-refractivity contribution is -0.113. The molecule has 7 heteroatoms. The molecule has 0 aliphatic carbocycles. The lowest BCUT2D eigenvalue weighted by atomic mass is 10.1. The van der Waals surface area contributed by atoms with E-state index < -0.39 is 0 Å². The summed E-state index contributed by atoms with van der Waals surface area (Å²) in [6.45, 7) is 0.402. The van der Waals surface area contributed by atoms with Crippen LogP contribution >= 0.6 is 39.9 Å². The van der Waals surface area contributed by atoms with E-state index in [0.29, 0.717) is 27.3 Å². The zero-order chi connectivity index (χ0) is 24.4. The number of hydrogen-bond donors (Lipinski definition) is 0. The first-order valence-corrected chi connectivity index (χ1v) is 12.9. The molecule has 174 valence electrons. The summed E-state index contributed by atoms with van der Waals surface area (Å²) in [6, 6.07) is 27.6. The normalized spacial score (nSPS) is 14.7. The number of thiocarbonyl (C=S) groups is 1. The van der Waals surface area contributed by atoms with Crippen LogP contribution in [-0.2, 0) is 11.4 Å². The van der Waals surface area contributed by atoms with Crippen LogP contribution in [0.5, 0.6) is 11.5 Å². The van der Waals surface area contributed by atoms with Gasteiger partial charge in [-0.05, 0) is 52.2 Å². The molecule has 0 saturated carbocycles. The molecule has 4 aromatic rings. The SMILES string of the molecule is COc1cc(/C=C2/SC(=S)N(c3ccccc3)C2=O)c(Br)cc1OCc1cccc2ccccc12. The van der Waals surface area contributed by atoms with Crippen LogP contribution in [0.1, 0.15) is 11.1 Å². The number of benzene rings is 4. The quantitative estimate of drug-likeness (QED) is 0.179. The predicted octanol–water partition coefficient (Wildman–Crippen LogP) is 7.60. The maximum atomic E-state index is 13.1. The molecule has 0 bridgehead atoms. The Balaban J connectivity index is 1.41. The highest BCUT2D eigenvalue weighted by molar-refractivity contribution is 9.10. The summed E-state index contributed by atoms with van der Waals surface area (Å²) in [4.78, 5) is 15.2. The highest BCUT2D eigenvalue weighted by Gasteiger charge is 2.33. The third-order valence-electron chi connectivity index (χ3n) is 5.64. The van der Waals surface area contributed by atoms with Gasteiger partial charge < -0.3 is 9.47 Å². The molecule has 0 aromatic heterocycles. The van der Waals surface area contributed by atoms with E-state index in [4.69, 9.17) is 21.7 Å². The van der Waals surface area contributed by atoms with Gasteiger partial charge in [0.05, 0.1) is 17.7 Å². The lowest BCUT2D eigenvalue weighted by Gasteiger charge is -2.14. The maximum absolute atomic E-state index is 13.1. The number of hydrogen-bond acceptors (Lipinski definition) is 5. The molecule has 5 rings (SSSR count). The van der Waals surface area contributed by atoms with Crippen LogP contribution in [-0.4, -0.2) is 17.3 Å². The zero-order valence-corrected chi connectivity index (χ0v) is 22.0. The first-order valence-electron chi connectivity index (χ1n) is 10.8. The molecule has 1 saturated heterocycles. The van der Waals surface area contributed by atoms with Crippen molar-refractivity contribution < 1.29 is 14.3 Å². The van der Waals surface area contributed by atoms with Crippen molar-refractivity contribution in [3.8, 4) is 11.5 Å². The molecule has 0 spiro atoms. The molecular weight excluding hydrogens is 542 g/mol. The zero-order valence-electron chi connectivity index (χ0n) is 18.7. The van der Waals surface area contributed by atoms with Crippen LogP contribution in [0.15, 0.2) is 94.3 Å². The summed E-state index contributed by atoms with van der Waals surface area (Å²) in [5.41, 5.74) is 2.65. The van der Waals surface area contributed by atoms with Gasteiger partial charge in [-0.3, -0.25) is 9.69 Å². The Hall–Kier alpha value is -3.13. The average molecular weight is 563 g/mol. The molecule has 1 amide bonds. The number of carbonyl (C=O) groups is 1. The fourth-order valence-corrected chi connectivity index (χ4v) is 5.64. The van der Waals surface area contributed by atoms with Gasteiger partial charge in [-0.1, -0.05) is 101 Å². The monoisotopic (exact) mass is 561 g/mol. The average Bonchev–Trinajstić information content (AvgIpc) is 3.16. The molecule has 0 radical (unpaired) electrons. The molecule has 1 aliphatic heterocycles. The minimum Gasteiger partial charge on any atom is -0.493 e. The Bertz CT molecular complexity index is 1460. The molecule has 0 atom stereocenters. The first kappa shape index (κ1) is 23.6. The number of methoxy groups -OCH3 is 1. The van der Waals surface area contributed by atoms with Gasteiger partial charge in [-0.15, -0.1) is 0 Å². The van der Waals surface area contributed by atoms with Crippen LogP contribution in [0.3, 0.4) is 0 Å². The Morgan fingerprint density at radius 3 is 2.51 bits per heavy atom. The standard InChI is InChI=1S/C28H20BrNO3S2/c1-32-24-14-20(15-26-27(31)30(28(34)35-26)21-11-3-2-4-12-21)23(29)16-25(24)33-17-19-10-7-9-18-8-5-6-13-22(18)19/h2-16H,17H2,1H3/b26-15+. The maximum Gasteiger partial charge on any atom is 0.270 e. The summed E-state index contributed by atoms with van der Waals surface area (Å²) in [7, 11) is 1.60. The van der Waals surface area contributed by atoms with E-state index in [-0.39, 0.29) is 5.91 Å². The van der Waals surface area contributed by atoms with Crippen LogP contribution in [0.4, 0.5) is 5.69 Å². The number of carbonyl (C=O) groups excluding carboxylic acids is 1. The van der Waals surface area contributed by atoms with E-state index in [0.717, 1.165) is 26.7 Å². The molecule has 0 unspecified atom stereocenters.